The van der Waals surface area contributed by atoms with Crippen molar-refractivity contribution in [3.05, 3.63) is 95.0 Å². The van der Waals surface area contributed by atoms with Gasteiger partial charge in [0.15, 0.2) is 0 Å². The summed E-state index contributed by atoms with van der Waals surface area (Å²) in [5.41, 5.74) is 4.63. The van der Waals surface area contributed by atoms with Crippen LogP contribution in [0.25, 0.3) is 11.1 Å². The van der Waals surface area contributed by atoms with E-state index in [4.69, 9.17) is 16.3 Å². The Balaban J connectivity index is 1.66. The van der Waals surface area contributed by atoms with Crippen LogP contribution in [0.1, 0.15) is 11.1 Å². The molecule has 0 aliphatic heterocycles. The fraction of sp³-hybridized carbons (Fsp3) is 0.100. The third kappa shape index (κ3) is 3.97. The van der Waals surface area contributed by atoms with Crippen LogP contribution < -0.4 is 0 Å². The molecule has 0 saturated carbocycles. The van der Waals surface area contributed by atoms with Gasteiger partial charge in [-0.3, -0.25) is 0 Å². The molecule has 0 aliphatic rings. The Bertz CT molecular complexity index is 737. The molecule has 110 valence electrons. The zero-order valence-electron chi connectivity index (χ0n) is 12.2. The summed E-state index contributed by atoms with van der Waals surface area (Å²) in [6.45, 7) is 1.23. The van der Waals surface area contributed by atoms with Crippen LogP contribution in [0.3, 0.4) is 0 Å². The van der Waals surface area contributed by atoms with Gasteiger partial charge in [-0.15, -0.1) is 0 Å². The summed E-state index contributed by atoms with van der Waals surface area (Å²) in [6.07, 6.45) is 0. The molecule has 2 heteroatoms. The van der Waals surface area contributed by atoms with Crippen LogP contribution in [0, 0.1) is 0 Å². The van der Waals surface area contributed by atoms with Crippen molar-refractivity contribution in [2.75, 3.05) is 0 Å². The van der Waals surface area contributed by atoms with Crippen molar-refractivity contribution >= 4 is 11.6 Å². The number of rotatable bonds is 5. The Hall–Kier alpha value is -2.09. The second-order valence-electron chi connectivity index (χ2n) is 5.19. The van der Waals surface area contributed by atoms with Gasteiger partial charge >= 0.3 is 0 Å². The quantitative estimate of drug-likeness (QED) is 0.585. The first-order valence-corrected chi connectivity index (χ1v) is 7.65. The van der Waals surface area contributed by atoms with Gasteiger partial charge in [-0.1, -0.05) is 72.3 Å². The van der Waals surface area contributed by atoms with Crippen molar-refractivity contribution in [3.63, 3.8) is 0 Å². The van der Waals surface area contributed by atoms with Gasteiger partial charge in [0.1, 0.15) is 0 Å². The highest BCUT2D eigenvalue weighted by Crippen LogP contribution is 2.23. The summed E-state index contributed by atoms with van der Waals surface area (Å²) < 4.78 is 5.79. The van der Waals surface area contributed by atoms with Gasteiger partial charge < -0.3 is 4.74 Å². The Morgan fingerprint density at radius 3 is 2.05 bits per heavy atom. The van der Waals surface area contributed by atoms with Crippen molar-refractivity contribution < 1.29 is 4.74 Å². The summed E-state index contributed by atoms with van der Waals surface area (Å²) in [5.74, 6) is 0. The van der Waals surface area contributed by atoms with Gasteiger partial charge in [-0.2, -0.15) is 0 Å². The molecule has 3 aromatic carbocycles. The molecule has 0 N–H and O–H groups in total. The summed E-state index contributed by atoms with van der Waals surface area (Å²) in [4.78, 5) is 0. The summed E-state index contributed by atoms with van der Waals surface area (Å²) in [7, 11) is 0. The molecule has 0 bridgehead atoms. The van der Waals surface area contributed by atoms with E-state index in [1.165, 1.54) is 5.56 Å². The highest BCUT2D eigenvalue weighted by Gasteiger charge is 2.01. The van der Waals surface area contributed by atoms with Gasteiger partial charge in [0, 0.05) is 5.02 Å². The molecule has 3 rings (SSSR count). The predicted octanol–water partition coefficient (Wildman–Crippen LogP) is 5.72. The molecule has 0 atom stereocenters. The first kappa shape index (κ1) is 14.8. The largest absolute Gasteiger partial charge is 0.372 e. The lowest BCUT2D eigenvalue weighted by Crippen LogP contribution is -1.94. The molecule has 1 nitrogen and oxygen atoms in total. The van der Waals surface area contributed by atoms with E-state index in [1.807, 2.05) is 36.4 Å². The van der Waals surface area contributed by atoms with E-state index in [1.54, 1.807) is 0 Å². The second kappa shape index (κ2) is 7.26. The van der Waals surface area contributed by atoms with Gasteiger partial charge in [0.05, 0.1) is 13.2 Å². The third-order valence-electron chi connectivity index (χ3n) is 3.47. The van der Waals surface area contributed by atoms with E-state index in [9.17, 15) is 0 Å². The number of halogens is 1. The van der Waals surface area contributed by atoms with Crippen LogP contribution in [0.2, 0.25) is 5.02 Å². The lowest BCUT2D eigenvalue weighted by Gasteiger charge is -2.07. The number of ether oxygens (including phenoxy) is 1. The lowest BCUT2D eigenvalue weighted by atomic mass is 10.0. The van der Waals surface area contributed by atoms with Crippen LogP contribution in [-0.4, -0.2) is 0 Å². The first-order chi connectivity index (χ1) is 10.8. The van der Waals surface area contributed by atoms with Crippen molar-refractivity contribution in [1.29, 1.82) is 0 Å². The SMILES string of the molecule is Clc1cccc(-c2cccc(COCc3ccccc3)c2)c1. The van der Waals surface area contributed by atoms with Crippen LogP contribution in [0.5, 0.6) is 0 Å². The maximum Gasteiger partial charge on any atom is 0.0721 e. The normalized spacial score (nSPS) is 10.6. The second-order valence-corrected chi connectivity index (χ2v) is 5.63. The molecule has 22 heavy (non-hydrogen) atoms. The molecule has 0 heterocycles. The fourth-order valence-corrected chi connectivity index (χ4v) is 2.56. The fourth-order valence-electron chi connectivity index (χ4n) is 2.37. The van der Waals surface area contributed by atoms with Crippen LogP contribution in [0.4, 0.5) is 0 Å². The molecule has 0 aliphatic carbocycles. The molecule has 0 spiro atoms. The molecular weight excluding hydrogens is 292 g/mol. The minimum absolute atomic E-state index is 0.600. The number of benzene rings is 3. The zero-order valence-corrected chi connectivity index (χ0v) is 13.0. The Morgan fingerprint density at radius 1 is 0.636 bits per heavy atom. The lowest BCUT2D eigenvalue weighted by molar-refractivity contribution is 0.107. The maximum absolute atomic E-state index is 6.06. The number of hydrogen-bond donors (Lipinski definition) is 0. The predicted molar refractivity (Wildman–Crippen MR) is 91.8 cm³/mol. The average Bonchev–Trinajstić information content (AvgIpc) is 2.56. The maximum atomic E-state index is 6.06. The van der Waals surface area contributed by atoms with E-state index in [0.717, 1.165) is 21.7 Å². The minimum atomic E-state index is 0.600. The summed E-state index contributed by atoms with van der Waals surface area (Å²) in [5, 5.41) is 0.753. The highest BCUT2D eigenvalue weighted by atomic mass is 35.5. The standard InChI is InChI=1S/C20H17ClO/c21-20-11-5-10-19(13-20)18-9-4-8-17(12-18)15-22-14-16-6-2-1-3-7-16/h1-13H,14-15H2. The molecule has 0 amide bonds. The van der Waals surface area contributed by atoms with Crippen molar-refractivity contribution in [3.8, 4) is 11.1 Å². The molecule has 0 fully saturated rings. The van der Waals surface area contributed by atoms with Gasteiger partial charge in [0.25, 0.3) is 0 Å². The van der Waals surface area contributed by atoms with Crippen LogP contribution in [-0.2, 0) is 18.0 Å². The first-order valence-electron chi connectivity index (χ1n) is 7.28. The van der Waals surface area contributed by atoms with Crippen molar-refractivity contribution in [2.24, 2.45) is 0 Å². The molecule has 0 radical (unpaired) electrons. The van der Waals surface area contributed by atoms with Crippen LogP contribution >= 0.6 is 11.6 Å². The minimum Gasteiger partial charge on any atom is -0.372 e. The van der Waals surface area contributed by atoms with E-state index in [-0.39, 0.29) is 0 Å². The van der Waals surface area contributed by atoms with Gasteiger partial charge in [-0.25, -0.2) is 0 Å². The van der Waals surface area contributed by atoms with Crippen LogP contribution in [0.15, 0.2) is 78.9 Å². The topological polar surface area (TPSA) is 9.23 Å². The molecule has 0 aromatic heterocycles. The molecule has 0 unspecified atom stereocenters. The molecular formula is C20H17ClO. The summed E-state index contributed by atoms with van der Waals surface area (Å²) >= 11 is 6.06. The van der Waals surface area contributed by atoms with E-state index in [0.29, 0.717) is 13.2 Å². The highest BCUT2D eigenvalue weighted by molar-refractivity contribution is 6.30. The molecule has 3 aromatic rings. The molecule has 0 saturated heterocycles. The van der Waals surface area contributed by atoms with Gasteiger partial charge in [0.2, 0.25) is 0 Å². The smallest absolute Gasteiger partial charge is 0.0721 e. The zero-order chi connectivity index (χ0) is 15.2. The Kier molecular flexibility index (Phi) is 4.89. The monoisotopic (exact) mass is 308 g/mol. The Morgan fingerprint density at radius 2 is 1.27 bits per heavy atom. The number of hydrogen-bond acceptors (Lipinski definition) is 1. The van der Waals surface area contributed by atoms with Gasteiger partial charge in [-0.05, 0) is 40.5 Å². The summed E-state index contributed by atoms with van der Waals surface area (Å²) in [6, 6.07) is 26.5. The van der Waals surface area contributed by atoms with E-state index < -0.39 is 0 Å². The van der Waals surface area contributed by atoms with Crippen molar-refractivity contribution in [1.82, 2.24) is 0 Å². The van der Waals surface area contributed by atoms with Crippen molar-refractivity contribution in [2.45, 2.75) is 13.2 Å². The Labute approximate surface area is 136 Å². The third-order valence-corrected chi connectivity index (χ3v) is 3.70. The average molecular weight is 309 g/mol. The van der Waals surface area contributed by atoms with E-state index in [2.05, 4.69) is 42.5 Å². The van der Waals surface area contributed by atoms with E-state index >= 15 is 0 Å².